The molecule has 1 fully saturated rings. The minimum Gasteiger partial charge on any atom is -0.452 e. The van der Waals surface area contributed by atoms with Gasteiger partial charge in [0.15, 0.2) is 0 Å². The van der Waals surface area contributed by atoms with Crippen LogP contribution in [0.1, 0.15) is 18.4 Å². The largest absolute Gasteiger partial charge is 0.452 e. The highest BCUT2D eigenvalue weighted by molar-refractivity contribution is 6.02. The standard InChI is InChI=1S/C21H20N2O6/c1-28-21(27)22(16-10-6-3-7-11-16)17(14-15-8-4-2-5-9-15)20(26)29-23-18(24)12-13-19(23)25/h2-11,17H,12-14H2,1H3/t17-/m0/s1. The lowest BCUT2D eigenvalue weighted by atomic mass is 10.0. The molecule has 3 amide bonds. The topological polar surface area (TPSA) is 93.2 Å². The van der Waals surface area contributed by atoms with Gasteiger partial charge in [-0.15, -0.1) is 5.06 Å². The molecule has 3 rings (SSSR count). The van der Waals surface area contributed by atoms with E-state index in [1.165, 1.54) is 7.11 Å². The van der Waals surface area contributed by atoms with Gasteiger partial charge in [-0.1, -0.05) is 48.5 Å². The number of amides is 3. The molecule has 0 aliphatic carbocycles. The average molecular weight is 396 g/mol. The summed E-state index contributed by atoms with van der Waals surface area (Å²) in [5.74, 6) is -2.09. The predicted molar refractivity (Wildman–Crippen MR) is 102 cm³/mol. The Balaban J connectivity index is 1.96. The molecule has 150 valence electrons. The summed E-state index contributed by atoms with van der Waals surface area (Å²) < 4.78 is 4.88. The van der Waals surface area contributed by atoms with Crippen LogP contribution >= 0.6 is 0 Å². The highest BCUT2D eigenvalue weighted by Crippen LogP contribution is 2.23. The fourth-order valence-electron chi connectivity index (χ4n) is 3.03. The van der Waals surface area contributed by atoms with Gasteiger partial charge in [0.2, 0.25) is 0 Å². The third-order valence-corrected chi connectivity index (χ3v) is 4.45. The van der Waals surface area contributed by atoms with Crippen LogP contribution in [0.15, 0.2) is 60.7 Å². The van der Waals surface area contributed by atoms with Gasteiger partial charge in [0.05, 0.1) is 7.11 Å². The van der Waals surface area contributed by atoms with Gasteiger partial charge >= 0.3 is 12.1 Å². The van der Waals surface area contributed by atoms with Crippen LogP contribution in [0.2, 0.25) is 0 Å². The highest BCUT2D eigenvalue weighted by Gasteiger charge is 2.39. The molecule has 0 bridgehead atoms. The van der Waals surface area contributed by atoms with Gasteiger partial charge in [0.25, 0.3) is 11.8 Å². The Morgan fingerprint density at radius 2 is 1.52 bits per heavy atom. The second kappa shape index (κ2) is 9.01. The van der Waals surface area contributed by atoms with Crippen molar-refractivity contribution in [2.75, 3.05) is 12.0 Å². The van der Waals surface area contributed by atoms with Gasteiger partial charge in [-0.3, -0.25) is 14.5 Å². The van der Waals surface area contributed by atoms with Gasteiger partial charge < -0.3 is 9.57 Å². The Morgan fingerprint density at radius 1 is 0.966 bits per heavy atom. The van der Waals surface area contributed by atoms with Gasteiger partial charge in [-0.2, -0.15) is 0 Å². The van der Waals surface area contributed by atoms with Crippen molar-refractivity contribution in [1.29, 1.82) is 0 Å². The molecule has 1 saturated heterocycles. The van der Waals surface area contributed by atoms with E-state index in [-0.39, 0.29) is 19.3 Å². The number of hydroxylamine groups is 2. The van der Waals surface area contributed by atoms with Crippen LogP contribution in [-0.2, 0) is 30.4 Å². The summed E-state index contributed by atoms with van der Waals surface area (Å²) in [6.45, 7) is 0. The zero-order valence-corrected chi connectivity index (χ0v) is 15.8. The van der Waals surface area contributed by atoms with Crippen LogP contribution in [0.4, 0.5) is 10.5 Å². The first-order chi connectivity index (χ1) is 14.0. The van der Waals surface area contributed by atoms with Crippen LogP contribution in [0.5, 0.6) is 0 Å². The van der Waals surface area contributed by atoms with E-state index in [4.69, 9.17) is 9.57 Å². The van der Waals surface area contributed by atoms with Crippen LogP contribution < -0.4 is 4.90 Å². The third kappa shape index (κ3) is 4.60. The van der Waals surface area contributed by atoms with Gasteiger partial charge in [-0.05, 0) is 17.7 Å². The number of carbonyl (C=O) groups excluding carboxylic acids is 4. The molecule has 8 nitrogen and oxygen atoms in total. The molecule has 0 radical (unpaired) electrons. The van der Waals surface area contributed by atoms with E-state index in [1.54, 1.807) is 54.6 Å². The average Bonchev–Trinajstić information content (AvgIpc) is 3.06. The Kier molecular flexibility index (Phi) is 6.23. The van der Waals surface area contributed by atoms with Gasteiger partial charge in [-0.25, -0.2) is 9.59 Å². The lowest BCUT2D eigenvalue weighted by Crippen LogP contribution is -2.49. The van der Waals surface area contributed by atoms with Crippen LogP contribution in [0.3, 0.4) is 0 Å². The molecule has 0 N–H and O–H groups in total. The molecule has 0 aromatic heterocycles. The molecule has 1 atom stereocenters. The molecule has 8 heteroatoms. The number of anilines is 1. The fraction of sp³-hybridized carbons (Fsp3) is 0.238. The predicted octanol–water partition coefficient (Wildman–Crippen LogP) is 2.48. The van der Waals surface area contributed by atoms with Crippen LogP contribution in [0.25, 0.3) is 0 Å². The first-order valence-corrected chi connectivity index (χ1v) is 9.05. The van der Waals surface area contributed by atoms with E-state index in [2.05, 4.69) is 0 Å². The molecule has 0 unspecified atom stereocenters. The number of methoxy groups -OCH3 is 1. The van der Waals surface area contributed by atoms with E-state index in [9.17, 15) is 19.2 Å². The lowest BCUT2D eigenvalue weighted by Gasteiger charge is -2.29. The molecule has 29 heavy (non-hydrogen) atoms. The van der Waals surface area contributed by atoms with Crippen molar-refractivity contribution < 1.29 is 28.8 Å². The first-order valence-electron chi connectivity index (χ1n) is 9.05. The molecule has 1 aliphatic heterocycles. The monoisotopic (exact) mass is 396 g/mol. The normalized spacial score (nSPS) is 14.4. The van der Waals surface area contributed by atoms with Crippen molar-refractivity contribution in [3.8, 4) is 0 Å². The fourth-order valence-corrected chi connectivity index (χ4v) is 3.03. The zero-order valence-electron chi connectivity index (χ0n) is 15.8. The molecular formula is C21H20N2O6. The maximum Gasteiger partial charge on any atom is 0.414 e. The van der Waals surface area contributed by atoms with Crippen molar-refractivity contribution in [3.05, 3.63) is 66.2 Å². The Morgan fingerprint density at radius 3 is 2.07 bits per heavy atom. The Bertz CT molecular complexity index is 884. The summed E-state index contributed by atoms with van der Waals surface area (Å²) in [6, 6.07) is 16.4. The zero-order chi connectivity index (χ0) is 20.8. The number of hydrogen-bond acceptors (Lipinski definition) is 6. The summed E-state index contributed by atoms with van der Waals surface area (Å²) in [4.78, 5) is 55.5. The molecule has 0 spiro atoms. The maximum atomic E-state index is 13.0. The quantitative estimate of drug-likeness (QED) is 0.697. The summed E-state index contributed by atoms with van der Waals surface area (Å²) in [5, 5.41) is 0.473. The van der Waals surface area contributed by atoms with Gasteiger partial charge in [0.1, 0.15) is 6.04 Å². The summed E-state index contributed by atoms with van der Waals surface area (Å²) in [6.07, 6.45) is -0.711. The number of imide groups is 1. The maximum absolute atomic E-state index is 13.0. The molecule has 2 aromatic carbocycles. The number of hydrogen-bond donors (Lipinski definition) is 0. The smallest absolute Gasteiger partial charge is 0.414 e. The number of para-hydroxylation sites is 1. The second-order valence-electron chi connectivity index (χ2n) is 6.37. The lowest BCUT2D eigenvalue weighted by molar-refractivity contribution is -0.198. The van der Waals surface area contributed by atoms with E-state index < -0.39 is 29.9 Å². The van der Waals surface area contributed by atoms with Gasteiger partial charge in [0, 0.05) is 24.9 Å². The van der Waals surface area contributed by atoms with Crippen molar-refractivity contribution in [3.63, 3.8) is 0 Å². The highest BCUT2D eigenvalue weighted by atomic mass is 16.7. The van der Waals surface area contributed by atoms with Crippen molar-refractivity contribution in [2.45, 2.75) is 25.3 Å². The second-order valence-corrected chi connectivity index (χ2v) is 6.37. The van der Waals surface area contributed by atoms with Crippen LogP contribution in [-0.4, -0.2) is 42.1 Å². The van der Waals surface area contributed by atoms with Crippen LogP contribution in [0, 0.1) is 0 Å². The first kappa shape index (κ1) is 20.1. The molecule has 0 saturated carbocycles. The number of ether oxygens (including phenoxy) is 1. The van der Waals surface area contributed by atoms with E-state index in [0.29, 0.717) is 10.8 Å². The summed E-state index contributed by atoms with van der Waals surface area (Å²) >= 11 is 0. The Hall–Kier alpha value is -3.68. The SMILES string of the molecule is COC(=O)N(c1ccccc1)[C@@H](Cc1ccccc1)C(=O)ON1C(=O)CCC1=O. The number of benzene rings is 2. The molecule has 2 aromatic rings. The van der Waals surface area contributed by atoms with E-state index >= 15 is 0 Å². The molecular weight excluding hydrogens is 376 g/mol. The molecule has 1 heterocycles. The van der Waals surface area contributed by atoms with E-state index in [0.717, 1.165) is 10.5 Å². The number of rotatable bonds is 6. The Labute approximate surface area is 167 Å². The van der Waals surface area contributed by atoms with E-state index in [1.807, 2.05) is 6.07 Å². The molecule has 1 aliphatic rings. The number of carbonyl (C=O) groups is 4. The van der Waals surface area contributed by atoms with Crippen molar-refractivity contribution >= 4 is 29.6 Å². The summed E-state index contributed by atoms with van der Waals surface area (Å²) in [7, 11) is 1.21. The van der Waals surface area contributed by atoms with Crippen molar-refractivity contribution in [2.24, 2.45) is 0 Å². The minimum absolute atomic E-state index is 0.0190. The summed E-state index contributed by atoms with van der Waals surface area (Å²) in [5.41, 5.74) is 1.18. The minimum atomic E-state index is -1.16. The van der Waals surface area contributed by atoms with Crippen molar-refractivity contribution in [1.82, 2.24) is 5.06 Å². The third-order valence-electron chi connectivity index (χ3n) is 4.45. The number of nitrogens with zero attached hydrogens (tertiary/aromatic N) is 2.